The van der Waals surface area contributed by atoms with Crippen LogP contribution in [-0.2, 0) is 6.54 Å². The molecule has 1 aromatic carbocycles. The molecule has 0 radical (unpaired) electrons. The van der Waals surface area contributed by atoms with E-state index in [2.05, 4.69) is 17.1 Å². The van der Waals surface area contributed by atoms with E-state index in [1.165, 1.54) is 18.9 Å². The zero-order chi connectivity index (χ0) is 15.1. The Bertz CT molecular complexity index is 433. The summed E-state index contributed by atoms with van der Waals surface area (Å²) in [6.45, 7) is 4.22. The first-order valence-corrected chi connectivity index (χ1v) is 8.13. The third-order valence-corrected chi connectivity index (χ3v) is 4.24. The highest BCUT2D eigenvalue weighted by atomic mass is 19.1. The monoisotopic (exact) mass is 294 g/mol. The summed E-state index contributed by atoms with van der Waals surface area (Å²) in [6.07, 6.45) is 5.76. The minimum atomic E-state index is -0.156. The van der Waals surface area contributed by atoms with Gasteiger partial charge in [-0.05, 0) is 37.9 Å². The second kappa shape index (κ2) is 8.35. The molecular formula is C17H27FN2O. The minimum Gasteiger partial charge on any atom is -0.395 e. The van der Waals surface area contributed by atoms with Gasteiger partial charge in [0, 0.05) is 30.4 Å². The number of aliphatic hydroxyl groups is 1. The summed E-state index contributed by atoms with van der Waals surface area (Å²) in [5.41, 5.74) is 1.67. The summed E-state index contributed by atoms with van der Waals surface area (Å²) < 4.78 is 14.2. The maximum atomic E-state index is 14.2. The largest absolute Gasteiger partial charge is 0.395 e. The van der Waals surface area contributed by atoms with Gasteiger partial charge >= 0.3 is 0 Å². The lowest BCUT2D eigenvalue weighted by Gasteiger charge is -2.32. The van der Waals surface area contributed by atoms with E-state index in [0.717, 1.165) is 37.1 Å². The number of nitrogens with one attached hydrogen (secondary N) is 1. The molecule has 0 aliphatic heterocycles. The number of rotatable bonds is 8. The van der Waals surface area contributed by atoms with Gasteiger partial charge in [0.1, 0.15) is 5.82 Å². The molecule has 0 aromatic heterocycles. The molecule has 2 N–H and O–H groups in total. The van der Waals surface area contributed by atoms with E-state index in [1.54, 1.807) is 6.07 Å². The van der Waals surface area contributed by atoms with Crippen LogP contribution in [0.15, 0.2) is 18.2 Å². The Labute approximate surface area is 127 Å². The van der Waals surface area contributed by atoms with Gasteiger partial charge in [0.15, 0.2) is 0 Å². The molecule has 4 heteroatoms. The van der Waals surface area contributed by atoms with Gasteiger partial charge in [0.25, 0.3) is 0 Å². The minimum absolute atomic E-state index is 0.106. The van der Waals surface area contributed by atoms with Gasteiger partial charge in [-0.25, -0.2) is 4.39 Å². The van der Waals surface area contributed by atoms with E-state index in [1.807, 2.05) is 6.07 Å². The zero-order valence-corrected chi connectivity index (χ0v) is 12.9. The van der Waals surface area contributed by atoms with Crippen LogP contribution in [0.25, 0.3) is 0 Å². The molecule has 0 spiro atoms. The zero-order valence-electron chi connectivity index (χ0n) is 12.9. The van der Waals surface area contributed by atoms with Crippen LogP contribution in [-0.4, -0.2) is 30.8 Å². The molecule has 0 saturated heterocycles. The van der Waals surface area contributed by atoms with Gasteiger partial charge in [0.2, 0.25) is 0 Å². The average molecular weight is 294 g/mol. The summed E-state index contributed by atoms with van der Waals surface area (Å²) in [5, 5.41) is 12.7. The Hall–Kier alpha value is -1.13. The number of anilines is 1. The molecule has 118 valence electrons. The summed E-state index contributed by atoms with van der Waals surface area (Å²) >= 11 is 0. The molecule has 21 heavy (non-hydrogen) atoms. The van der Waals surface area contributed by atoms with Gasteiger partial charge in [-0.2, -0.15) is 0 Å². The topological polar surface area (TPSA) is 35.5 Å². The van der Waals surface area contributed by atoms with Gasteiger partial charge in [-0.3, -0.25) is 0 Å². The molecule has 3 nitrogen and oxygen atoms in total. The number of aliphatic hydroxyl groups excluding tert-OH is 1. The van der Waals surface area contributed by atoms with Gasteiger partial charge in [-0.1, -0.05) is 25.8 Å². The van der Waals surface area contributed by atoms with Gasteiger partial charge < -0.3 is 15.3 Å². The second-order valence-electron chi connectivity index (χ2n) is 5.77. The van der Waals surface area contributed by atoms with E-state index in [-0.39, 0.29) is 12.4 Å². The van der Waals surface area contributed by atoms with E-state index in [4.69, 9.17) is 0 Å². The first kappa shape index (κ1) is 16.2. The summed E-state index contributed by atoms with van der Waals surface area (Å²) in [4.78, 5) is 2.21. The third kappa shape index (κ3) is 4.17. The Balaban J connectivity index is 2.23. The van der Waals surface area contributed by atoms with Crippen LogP contribution >= 0.6 is 0 Å². The number of halogens is 1. The smallest absolute Gasteiger partial charge is 0.129 e. The molecule has 1 fully saturated rings. The number of benzene rings is 1. The fraction of sp³-hybridized carbons (Fsp3) is 0.647. The number of hydrogen-bond donors (Lipinski definition) is 2. The van der Waals surface area contributed by atoms with Crippen molar-refractivity contribution >= 4 is 5.69 Å². The summed E-state index contributed by atoms with van der Waals surface area (Å²) in [6, 6.07) is 5.72. The third-order valence-electron chi connectivity index (χ3n) is 4.24. The van der Waals surface area contributed by atoms with Crippen molar-refractivity contribution in [2.75, 3.05) is 24.6 Å². The van der Waals surface area contributed by atoms with E-state index >= 15 is 0 Å². The van der Waals surface area contributed by atoms with Crippen LogP contribution in [0.1, 0.15) is 44.6 Å². The Morgan fingerprint density at radius 3 is 2.76 bits per heavy atom. The van der Waals surface area contributed by atoms with Crippen LogP contribution in [0.3, 0.4) is 0 Å². The number of nitrogens with zero attached hydrogens (tertiary/aromatic N) is 1. The lowest BCUT2D eigenvalue weighted by Crippen LogP contribution is -2.37. The molecular weight excluding hydrogens is 267 g/mol. The predicted molar refractivity (Wildman–Crippen MR) is 85.1 cm³/mol. The highest BCUT2D eigenvalue weighted by molar-refractivity contribution is 5.55. The Kier molecular flexibility index (Phi) is 6.46. The number of hydrogen-bond acceptors (Lipinski definition) is 3. The Morgan fingerprint density at radius 1 is 1.33 bits per heavy atom. The van der Waals surface area contributed by atoms with Crippen molar-refractivity contribution in [3.8, 4) is 0 Å². The molecule has 0 amide bonds. The fourth-order valence-corrected chi connectivity index (χ4v) is 3.20. The van der Waals surface area contributed by atoms with Crippen molar-refractivity contribution in [2.24, 2.45) is 0 Å². The predicted octanol–water partition coefficient (Wildman–Crippen LogP) is 3.07. The average Bonchev–Trinajstić information content (AvgIpc) is 3.01. The molecule has 1 aliphatic carbocycles. The molecule has 1 aliphatic rings. The van der Waals surface area contributed by atoms with Gasteiger partial charge in [-0.15, -0.1) is 0 Å². The van der Waals surface area contributed by atoms with Crippen LogP contribution in [0, 0.1) is 5.82 Å². The van der Waals surface area contributed by atoms with Crippen molar-refractivity contribution in [2.45, 2.75) is 51.6 Å². The van der Waals surface area contributed by atoms with Gasteiger partial charge in [0.05, 0.1) is 6.61 Å². The maximum Gasteiger partial charge on any atom is 0.129 e. The van der Waals surface area contributed by atoms with E-state index in [0.29, 0.717) is 19.1 Å². The van der Waals surface area contributed by atoms with Crippen molar-refractivity contribution in [1.82, 2.24) is 5.32 Å². The SMILES string of the molecule is CCCNCc1c(F)cccc1N(CCO)C1CCCC1. The second-order valence-corrected chi connectivity index (χ2v) is 5.77. The first-order valence-electron chi connectivity index (χ1n) is 8.13. The Morgan fingerprint density at radius 2 is 2.10 bits per heavy atom. The fourth-order valence-electron chi connectivity index (χ4n) is 3.20. The molecule has 0 atom stereocenters. The molecule has 1 aromatic rings. The van der Waals surface area contributed by atoms with Crippen LogP contribution < -0.4 is 10.2 Å². The van der Waals surface area contributed by atoms with Crippen LogP contribution in [0.2, 0.25) is 0 Å². The van der Waals surface area contributed by atoms with E-state index < -0.39 is 0 Å². The molecule has 2 rings (SSSR count). The molecule has 0 bridgehead atoms. The lowest BCUT2D eigenvalue weighted by molar-refractivity contribution is 0.297. The van der Waals surface area contributed by atoms with Crippen molar-refractivity contribution in [1.29, 1.82) is 0 Å². The van der Waals surface area contributed by atoms with Crippen molar-refractivity contribution < 1.29 is 9.50 Å². The molecule has 0 heterocycles. The molecule has 0 unspecified atom stereocenters. The van der Waals surface area contributed by atoms with Crippen LogP contribution in [0.4, 0.5) is 10.1 Å². The first-order chi connectivity index (χ1) is 10.3. The summed E-state index contributed by atoms with van der Waals surface area (Å²) in [7, 11) is 0. The van der Waals surface area contributed by atoms with Crippen LogP contribution in [0.5, 0.6) is 0 Å². The lowest BCUT2D eigenvalue weighted by atomic mass is 10.1. The normalized spacial score (nSPS) is 15.6. The summed E-state index contributed by atoms with van der Waals surface area (Å²) in [5.74, 6) is -0.156. The van der Waals surface area contributed by atoms with Crippen molar-refractivity contribution in [3.63, 3.8) is 0 Å². The highest BCUT2D eigenvalue weighted by Gasteiger charge is 2.25. The maximum absolute atomic E-state index is 14.2. The van der Waals surface area contributed by atoms with E-state index in [9.17, 15) is 9.50 Å². The van der Waals surface area contributed by atoms with Crippen molar-refractivity contribution in [3.05, 3.63) is 29.6 Å². The highest BCUT2D eigenvalue weighted by Crippen LogP contribution is 2.31. The quantitative estimate of drug-likeness (QED) is 0.723. The standard InChI is InChI=1S/C17H27FN2O/c1-2-10-19-13-15-16(18)8-5-9-17(15)20(11-12-21)14-6-3-4-7-14/h5,8-9,14,19,21H,2-4,6-7,10-13H2,1H3. The molecule has 1 saturated carbocycles.